The first-order valence-electron chi connectivity index (χ1n) is 4.32. The molecule has 0 aliphatic carbocycles. The number of hydrogen-bond donors (Lipinski definition) is 0. The Morgan fingerprint density at radius 1 is 1.44 bits per heavy atom. The van der Waals surface area contributed by atoms with E-state index >= 15 is 0 Å². The topological polar surface area (TPSA) is 35.3 Å². The van der Waals surface area contributed by atoms with Gasteiger partial charge < -0.3 is 9.15 Å². The van der Waals surface area contributed by atoms with Crippen molar-refractivity contribution in [1.29, 1.82) is 0 Å². The van der Waals surface area contributed by atoms with Crippen molar-refractivity contribution in [2.45, 2.75) is 5.88 Å². The quantitative estimate of drug-likeness (QED) is 0.784. The molecule has 0 aliphatic heterocycles. The highest BCUT2D eigenvalue weighted by atomic mass is 35.5. The SMILES string of the molecule is Fc1ccc(Oc2nc(CCl)co2)c(Cl)c1. The Balaban J connectivity index is 2.20. The summed E-state index contributed by atoms with van der Waals surface area (Å²) in [7, 11) is 0. The first kappa shape index (κ1) is 11.2. The molecule has 0 amide bonds. The molecular weight excluding hydrogens is 256 g/mol. The van der Waals surface area contributed by atoms with Crippen LogP contribution in [0, 0.1) is 5.82 Å². The van der Waals surface area contributed by atoms with Gasteiger partial charge in [-0.25, -0.2) is 4.39 Å². The van der Waals surface area contributed by atoms with E-state index in [2.05, 4.69) is 4.98 Å². The molecule has 1 heterocycles. The van der Waals surface area contributed by atoms with Crippen molar-refractivity contribution in [3.63, 3.8) is 0 Å². The summed E-state index contributed by atoms with van der Waals surface area (Å²) in [6, 6.07) is 3.76. The van der Waals surface area contributed by atoms with Crippen LogP contribution in [-0.2, 0) is 5.88 Å². The fourth-order valence-corrected chi connectivity index (χ4v) is 1.38. The van der Waals surface area contributed by atoms with Crippen LogP contribution in [0.3, 0.4) is 0 Å². The summed E-state index contributed by atoms with van der Waals surface area (Å²) in [5.41, 5.74) is 0.551. The van der Waals surface area contributed by atoms with Crippen LogP contribution in [0.1, 0.15) is 5.69 Å². The van der Waals surface area contributed by atoms with E-state index in [9.17, 15) is 4.39 Å². The standard InChI is InChI=1S/C10H6Cl2FNO2/c11-4-7-5-15-10(14-7)16-9-2-1-6(13)3-8(9)12/h1-3,5H,4H2. The molecule has 0 saturated heterocycles. The zero-order chi connectivity index (χ0) is 11.5. The van der Waals surface area contributed by atoms with Crippen molar-refractivity contribution < 1.29 is 13.5 Å². The maximum absolute atomic E-state index is 12.7. The van der Waals surface area contributed by atoms with E-state index in [1.54, 1.807) is 0 Å². The summed E-state index contributed by atoms with van der Waals surface area (Å²) in [5.74, 6) is 0.0570. The number of alkyl halides is 1. The summed E-state index contributed by atoms with van der Waals surface area (Å²) < 4.78 is 22.9. The number of rotatable bonds is 3. The Hall–Kier alpha value is -1.26. The first-order chi connectivity index (χ1) is 7.69. The fourth-order valence-electron chi connectivity index (χ4n) is 1.05. The zero-order valence-corrected chi connectivity index (χ0v) is 9.43. The minimum Gasteiger partial charge on any atom is -0.417 e. The number of oxazole rings is 1. The molecule has 0 aliphatic rings. The van der Waals surface area contributed by atoms with Gasteiger partial charge in [0.15, 0.2) is 5.75 Å². The highest BCUT2D eigenvalue weighted by molar-refractivity contribution is 6.32. The predicted molar refractivity (Wildman–Crippen MR) is 57.5 cm³/mol. The van der Waals surface area contributed by atoms with E-state index in [1.807, 2.05) is 0 Å². The van der Waals surface area contributed by atoms with Crippen molar-refractivity contribution in [3.8, 4) is 11.8 Å². The van der Waals surface area contributed by atoms with Gasteiger partial charge in [-0.05, 0) is 18.2 Å². The van der Waals surface area contributed by atoms with Crippen molar-refractivity contribution >= 4 is 23.2 Å². The van der Waals surface area contributed by atoms with E-state index in [4.69, 9.17) is 32.4 Å². The highest BCUT2D eigenvalue weighted by Crippen LogP contribution is 2.29. The Kier molecular flexibility index (Phi) is 3.31. The Bertz CT molecular complexity index is 501. The van der Waals surface area contributed by atoms with Crippen LogP contribution < -0.4 is 4.74 Å². The van der Waals surface area contributed by atoms with Gasteiger partial charge in [-0.15, -0.1) is 11.6 Å². The summed E-state index contributed by atoms with van der Waals surface area (Å²) in [6.07, 6.45) is 1.39. The second kappa shape index (κ2) is 4.72. The number of aromatic nitrogens is 1. The molecule has 3 nitrogen and oxygen atoms in total. The van der Waals surface area contributed by atoms with Gasteiger partial charge in [0, 0.05) is 0 Å². The molecule has 84 valence electrons. The van der Waals surface area contributed by atoms with Gasteiger partial charge in [0.25, 0.3) is 0 Å². The third-order valence-electron chi connectivity index (χ3n) is 1.76. The summed E-state index contributed by atoms with van der Waals surface area (Å²) in [5, 5.41) is 0.144. The third kappa shape index (κ3) is 2.46. The van der Waals surface area contributed by atoms with E-state index in [-0.39, 0.29) is 22.7 Å². The molecule has 2 aromatic rings. The molecule has 0 atom stereocenters. The smallest absolute Gasteiger partial charge is 0.399 e. The average Bonchev–Trinajstić information content (AvgIpc) is 2.70. The Labute approximate surface area is 101 Å². The molecule has 6 heteroatoms. The van der Waals surface area contributed by atoms with Crippen molar-refractivity contribution in [3.05, 3.63) is 41.0 Å². The van der Waals surface area contributed by atoms with Crippen LogP contribution in [0.4, 0.5) is 4.39 Å². The molecule has 0 unspecified atom stereocenters. The van der Waals surface area contributed by atoms with Gasteiger partial charge in [0.05, 0.1) is 16.6 Å². The molecule has 1 aromatic heterocycles. The monoisotopic (exact) mass is 261 g/mol. The van der Waals surface area contributed by atoms with Gasteiger partial charge in [0.2, 0.25) is 0 Å². The minimum absolute atomic E-state index is 0.0177. The number of halogens is 3. The maximum Gasteiger partial charge on any atom is 0.399 e. The molecule has 0 fully saturated rings. The number of hydrogen-bond acceptors (Lipinski definition) is 3. The largest absolute Gasteiger partial charge is 0.417 e. The van der Waals surface area contributed by atoms with Crippen LogP contribution in [-0.4, -0.2) is 4.98 Å². The van der Waals surface area contributed by atoms with Crippen molar-refractivity contribution in [2.75, 3.05) is 0 Å². The van der Waals surface area contributed by atoms with E-state index in [1.165, 1.54) is 18.4 Å². The summed E-state index contributed by atoms with van der Waals surface area (Å²) in [6.45, 7) is 0. The molecule has 0 bridgehead atoms. The van der Waals surface area contributed by atoms with Gasteiger partial charge in [-0.2, -0.15) is 4.98 Å². The molecule has 0 N–H and O–H groups in total. The normalized spacial score (nSPS) is 10.4. The van der Waals surface area contributed by atoms with E-state index in [0.29, 0.717) is 5.69 Å². The van der Waals surface area contributed by atoms with Crippen LogP contribution >= 0.6 is 23.2 Å². The number of ether oxygens (including phenoxy) is 1. The lowest BCUT2D eigenvalue weighted by molar-refractivity contribution is 0.330. The van der Waals surface area contributed by atoms with Gasteiger partial charge in [-0.1, -0.05) is 11.6 Å². The number of nitrogens with zero attached hydrogens (tertiary/aromatic N) is 1. The Morgan fingerprint density at radius 2 is 2.25 bits per heavy atom. The lowest BCUT2D eigenvalue weighted by Gasteiger charge is -2.02. The third-order valence-corrected chi connectivity index (χ3v) is 2.33. The summed E-state index contributed by atoms with van der Waals surface area (Å²) >= 11 is 11.3. The highest BCUT2D eigenvalue weighted by Gasteiger charge is 2.09. The second-order valence-corrected chi connectivity index (χ2v) is 3.59. The average molecular weight is 262 g/mol. The minimum atomic E-state index is -0.439. The molecule has 0 spiro atoms. The molecule has 2 rings (SSSR count). The van der Waals surface area contributed by atoms with Crippen molar-refractivity contribution in [1.82, 2.24) is 4.98 Å². The Morgan fingerprint density at radius 3 is 2.88 bits per heavy atom. The number of benzene rings is 1. The van der Waals surface area contributed by atoms with Gasteiger partial charge >= 0.3 is 6.08 Å². The van der Waals surface area contributed by atoms with Crippen molar-refractivity contribution in [2.24, 2.45) is 0 Å². The second-order valence-electron chi connectivity index (χ2n) is 2.92. The van der Waals surface area contributed by atoms with E-state index < -0.39 is 5.82 Å². The molecule has 1 aromatic carbocycles. The maximum atomic E-state index is 12.7. The van der Waals surface area contributed by atoms with Gasteiger partial charge in [0.1, 0.15) is 12.1 Å². The lowest BCUT2D eigenvalue weighted by atomic mass is 10.3. The van der Waals surface area contributed by atoms with Crippen LogP contribution in [0.5, 0.6) is 11.8 Å². The fraction of sp³-hybridized carbons (Fsp3) is 0.100. The zero-order valence-electron chi connectivity index (χ0n) is 7.91. The van der Waals surface area contributed by atoms with Gasteiger partial charge in [-0.3, -0.25) is 0 Å². The lowest BCUT2D eigenvalue weighted by Crippen LogP contribution is -1.87. The molecule has 16 heavy (non-hydrogen) atoms. The summed E-state index contributed by atoms with van der Waals surface area (Å²) in [4.78, 5) is 3.91. The van der Waals surface area contributed by atoms with E-state index in [0.717, 1.165) is 6.07 Å². The van der Waals surface area contributed by atoms with Crippen LogP contribution in [0.25, 0.3) is 0 Å². The molecule has 0 radical (unpaired) electrons. The molecular formula is C10H6Cl2FNO2. The molecule has 0 saturated carbocycles. The predicted octanol–water partition coefficient (Wildman–Crippen LogP) is 4.00. The first-order valence-corrected chi connectivity index (χ1v) is 5.23. The van der Waals surface area contributed by atoms with Crippen LogP contribution in [0.15, 0.2) is 28.9 Å². The van der Waals surface area contributed by atoms with Crippen LogP contribution in [0.2, 0.25) is 5.02 Å².